The molecule has 1 aromatic heterocycles. The number of amides is 2. The number of hydrogen-bond donors (Lipinski definition) is 2. The predicted molar refractivity (Wildman–Crippen MR) is 153 cm³/mol. The molecule has 2 amide bonds. The van der Waals surface area contributed by atoms with Gasteiger partial charge in [-0.1, -0.05) is 36.4 Å². The molecule has 4 atom stereocenters. The molecule has 8 rings (SSSR count). The van der Waals surface area contributed by atoms with Crippen LogP contribution in [-0.2, 0) is 17.9 Å². The van der Waals surface area contributed by atoms with Gasteiger partial charge in [0.1, 0.15) is 5.82 Å². The number of thiophene rings is 1. The third-order valence-corrected chi connectivity index (χ3v) is 10.3. The second kappa shape index (κ2) is 10.0. The Morgan fingerprint density at radius 2 is 1.64 bits per heavy atom. The molecule has 8 heteroatoms. The summed E-state index contributed by atoms with van der Waals surface area (Å²) in [6.45, 7) is 1.29. The molecule has 1 aliphatic heterocycles. The van der Waals surface area contributed by atoms with Crippen LogP contribution >= 0.6 is 23.7 Å². The normalized spacial score (nSPS) is 28.2. The number of nitrogens with zero attached hydrogens (tertiary/aromatic N) is 1. The van der Waals surface area contributed by atoms with Gasteiger partial charge in [-0.05, 0) is 91.3 Å². The van der Waals surface area contributed by atoms with Crippen LogP contribution in [-0.4, -0.2) is 34.3 Å². The Morgan fingerprint density at radius 3 is 2.41 bits per heavy atom. The Bertz CT molecular complexity index is 1400. The lowest BCUT2D eigenvalue weighted by Gasteiger charge is -2.62. The van der Waals surface area contributed by atoms with E-state index in [1.807, 2.05) is 35.2 Å². The Balaban J connectivity index is 0.00000277. The number of benzene rings is 2. The Labute approximate surface area is 238 Å². The summed E-state index contributed by atoms with van der Waals surface area (Å²) in [7, 11) is 0. The Kier molecular flexibility index (Phi) is 6.81. The average molecular weight is 566 g/mol. The summed E-state index contributed by atoms with van der Waals surface area (Å²) >= 11 is 1.54. The number of rotatable bonds is 6. The number of hydrogen-bond acceptors (Lipinski definition) is 4. The summed E-state index contributed by atoms with van der Waals surface area (Å²) in [5.41, 5.74) is 2.73. The lowest BCUT2D eigenvalue weighted by molar-refractivity contribution is -0.132. The maximum atomic E-state index is 13.6. The molecule has 39 heavy (non-hydrogen) atoms. The van der Waals surface area contributed by atoms with E-state index in [4.69, 9.17) is 0 Å². The quantitative estimate of drug-likeness (QED) is 0.389. The molecule has 5 nitrogen and oxygen atoms in total. The standard InChI is InChI=1S/C31H32FN3O2S.ClH/c32-25-7-6-23-17-35(18-24(23)11-25)28(36)16-33-30-12-20-10-21(13-30)15-31(14-20,19-30)34-29(37)27-9-8-26(38-27)22-4-2-1-3-5-22;/h1-9,11,20-21,33H,10,12-19H2,(H,34,37);1H/t20-,21+,30?,31?;. The van der Waals surface area contributed by atoms with Gasteiger partial charge in [0.25, 0.3) is 5.91 Å². The first-order valence-electron chi connectivity index (χ1n) is 13.7. The van der Waals surface area contributed by atoms with Crippen LogP contribution in [0.2, 0.25) is 0 Å². The summed E-state index contributed by atoms with van der Waals surface area (Å²) in [4.78, 5) is 30.3. The van der Waals surface area contributed by atoms with Gasteiger partial charge in [0.15, 0.2) is 0 Å². The van der Waals surface area contributed by atoms with Crippen molar-refractivity contribution in [2.24, 2.45) is 11.8 Å². The van der Waals surface area contributed by atoms with Gasteiger partial charge in [-0.15, -0.1) is 23.7 Å². The van der Waals surface area contributed by atoms with E-state index in [1.165, 1.54) is 18.6 Å². The van der Waals surface area contributed by atoms with Crippen LogP contribution in [0.3, 0.4) is 0 Å². The zero-order valence-electron chi connectivity index (χ0n) is 21.8. The van der Waals surface area contributed by atoms with Crippen LogP contribution in [0, 0.1) is 17.7 Å². The van der Waals surface area contributed by atoms with Crippen LogP contribution in [0.15, 0.2) is 60.7 Å². The van der Waals surface area contributed by atoms with Crippen LogP contribution in [0.4, 0.5) is 4.39 Å². The maximum Gasteiger partial charge on any atom is 0.261 e. The molecule has 204 valence electrons. The summed E-state index contributed by atoms with van der Waals surface area (Å²) in [5, 5.41) is 7.18. The van der Waals surface area contributed by atoms with Crippen molar-refractivity contribution >= 4 is 35.6 Å². The minimum atomic E-state index is -0.254. The Morgan fingerprint density at radius 1 is 0.923 bits per heavy atom. The molecule has 0 radical (unpaired) electrons. The molecule has 0 spiro atoms. The van der Waals surface area contributed by atoms with Crippen LogP contribution in [0.25, 0.3) is 10.4 Å². The monoisotopic (exact) mass is 565 g/mol. The van der Waals surface area contributed by atoms with Crippen LogP contribution in [0.1, 0.15) is 59.3 Å². The fraction of sp³-hybridized carbons (Fsp3) is 0.419. The first-order chi connectivity index (χ1) is 18.4. The van der Waals surface area contributed by atoms with Crippen molar-refractivity contribution < 1.29 is 14.0 Å². The number of halogens is 2. The topological polar surface area (TPSA) is 61.4 Å². The molecular formula is C31H33ClFN3O2S. The van der Waals surface area contributed by atoms with Crippen LogP contribution in [0.5, 0.6) is 0 Å². The number of carbonyl (C=O) groups is 2. The van der Waals surface area contributed by atoms with E-state index in [0.29, 0.717) is 24.9 Å². The van der Waals surface area contributed by atoms with Gasteiger partial charge in [-0.25, -0.2) is 4.39 Å². The molecular weight excluding hydrogens is 533 g/mol. The summed E-state index contributed by atoms with van der Waals surface area (Å²) in [6.07, 6.45) is 6.27. The minimum absolute atomic E-state index is 0. The molecule has 0 saturated heterocycles. The van der Waals surface area contributed by atoms with Gasteiger partial charge in [-0.3, -0.25) is 9.59 Å². The number of fused-ring (bicyclic) bond motifs is 1. The summed E-state index contributed by atoms with van der Waals surface area (Å²) in [5.74, 6) is 0.966. The predicted octanol–water partition coefficient (Wildman–Crippen LogP) is 5.93. The minimum Gasteiger partial charge on any atom is -0.346 e. The van der Waals surface area contributed by atoms with Crippen molar-refractivity contribution in [1.29, 1.82) is 0 Å². The molecule has 4 aliphatic carbocycles. The second-order valence-electron chi connectivity index (χ2n) is 12.0. The zero-order valence-corrected chi connectivity index (χ0v) is 23.4. The van der Waals surface area contributed by atoms with E-state index >= 15 is 0 Å². The second-order valence-corrected chi connectivity index (χ2v) is 13.1. The van der Waals surface area contributed by atoms with E-state index < -0.39 is 0 Å². The average Bonchev–Trinajstić information content (AvgIpc) is 3.54. The molecule has 4 fully saturated rings. The molecule has 2 aromatic carbocycles. The highest BCUT2D eigenvalue weighted by molar-refractivity contribution is 7.17. The molecule has 3 aromatic rings. The Hall–Kier alpha value is -2.74. The SMILES string of the molecule is Cl.O=C(NC12C[C@@H]3C[C@@H](CC(NCC(=O)N4Cc5ccc(F)cc5C4)(C3)C1)C2)c1ccc(-c2ccccc2)s1. The van der Waals surface area contributed by atoms with E-state index in [9.17, 15) is 14.0 Å². The third kappa shape index (κ3) is 5.01. The largest absolute Gasteiger partial charge is 0.346 e. The maximum absolute atomic E-state index is 13.6. The first kappa shape index (κ1) is 26.5. The van der Waals surface area contributed by atoms with Gasteiger partial charge in [0.05, 0.1) is 11.4 Å². The number of carbonyl (C=O) groups excluding carboxylic acids is 2. The molecule has 4 bridgehead atoms. The van der Waals surface area contributed by atoms with Gasteiger partial charge >= 0.3 is 0 Å². The summed E-state index contributed by atoms with van der Waals surface area (Å²) < 4.78 is 13.6. The van der Waals surface area contributed by atoms with Crippen molar-refractivity contribution in [3.63, 3.8) is 0 Å². The summed E-state index contributed by atoms with van der Waals surface area (Å²) in [6, 6.07) is 18.9. The first-order valence-corrected chi connectivity index (χ1v) is 14.5. The molecule has 2 N–H and O–H groups in total. The highest BCUT2D eigenvalue weighted by Gasteiger charge is 2.58. The van der Waals surface area contributed by atoms with Crippen molar-refractivity contribution in [1.82, 2.24) is 15.5 Å². The van der Waals surface area contributed by atoms with Crippen molar-refractivity contribution in [2.45, 2.75) is 62.7 Å². The highest BCUT2D eigenvalue weighted by atomic mass is 35.5. The molecule has 4 saturated carbocycles. The lowest BCUT2D eigenvalue weighted by atomic mass is 9.50. The van der Waals surface area contributed by atoms with E-state index in [2.05, 4.69) is 22.8 Å². The van der Waals surface area contributed by atoms with E-state index in [0.717, 1.165) is 58.5 Å². The smallest absolute Gasteiger partial charge is 0.261 e. The van der Waals surface area contributed by atoms with E-state index in [-0.39, 0.29) is 47.7 Å². The number of nitrogens with one attached hydrogen (secondary N) is 2. The highest BCUT2D eigenvalue weighted by Crippen LogP contribution is 2.57. The fourth-order valence-electron chi connectivity index (χ4n) is 8.05. The third-order valence-electron chi connectivity index (χ3n) is 9.19. The van der Waals surface area contributed by atoms with Gasteiger partial charge in [0.2, 0.25) is 5.91 Å². The van der Waals surface area contributed by atoms with Gasteiger partial charge in [-0.2, -0.15) is 0 Å². The van der Waals surface area contributed by atoms with Crippen molar-refractivity contribution in [2.75, 3.05) is 6.54 Å². The molecule has 2 heterocycles. The van der Waals surface area contributed by atoms with Crippen LogP contribution < -0.4 is 10.6 Å². The van der Waals surface area contributed by atoms with Gasteiger partial charge < -0.3 is 15.5 Å². The van der Waals surface area contributed by atoms with Gasteiger partial charge in [0, 0.05) is 29.0 Å². The fourth-order valence-corrected chi connectivity index (χ4v) is 8.96. The zero-order chi connectivity index (χ0) is 25.9. The molecule has 2 unspecified atom stereocenters. The van der Waals surface area contributed by atoms with Crippen molar-refractivity contribution in [3.8, 4) is 10.4 Å². The van der Waals surface area contributed by atoms with E-state index in [1.54, 1.807) is 17.4 Å². The van der Waals surface area contributed by atoms with Crippen molar-refractivity contribution in [3.05, 3.63) is 82.5 Å². The lowest BCUT2D eigenvalue weighted by Crippen LogP contribution is -2.69. The molecule has 5 aliphatic rings.